The van der Waals surface area contributed by atoms with Gasteiger partial charge in [0.15, 0.2) is 0 Å². The van der Waals surface area contributed by atoms with Gasteiger partial charge in [-0.2, -0.15) is 0 Å². The molecular weight excluding hydrogens is 158 g/mol. The predicted octanol–water partition coefficient (Wildman–Crippen LogP) is 3.44. The van der Waals surface area contributed by atoms with Crippen molar-refractivity contribution in [3.63, 3.8) is 0 Å². The van der Waals surface area contributed by atoms with Crippen LogP contribution in [0, 0.1) is 0 Å². The Labute approximate surface area is 84.7 Å². The maximum atomic E-state index is 2.31. The standard InChI is InChI=1S/C12H28N/c1-6-8-9-10-11-12(7-2)13(3,4)5/h12H,6-11H2,1-5H3/q+1. The third-order valence-electron chi connectivity index (χ3n) is 2.96. The molecule has 0 N–H and O–H groups in total. The molecule has 80 valence electrons. The van der Waals surface area contributed by atoms with Gasteiger partial charge in [0.2, 0.25) is 0 Å². The van der Waals surface area contributed by atoms with Crippen LogP contribution in [-0.2, 0) is 0 Å². The SMILES string of the molecule is CCCCCCC(CC)[N+](C)(C)C. The average molecular weight is 186 g/mol. The van der Waals surface area contributed by atoms with Crippen LogP contribution in [0.4, 0.5) is 0 Å². The molecular formula is C12H28N+. The van der Waals surface area contributed by atoms with E-state index in [1.165, 1.54) is 38.5 Å². The van der Waals surface area contributed by atoms with E-state index >= 15 is 0 Å². The summed E-state index contributed by atoms with van der Waals surface area (Å²) in [4.78, 5) is 0. The van der Waals surface area contributed by atoms with Gasteiger partial charge in [0.1, 0.15) is 0 Å². The predicted molar refractivity (Wildman–Crippen MR) is 60.9 cm³/mol. The van der Waals surface area contributed by atoms with Gasteiger partial charge in [-0.25, -0.2) is 0 Å². The molecule has 0 aromatic carbocycles. The van der Waals surface area contributed by atoms with Crippen molar-refractivity contribution in [2.24, 2.45) is 0 Å². The number of hydrogen-bond acceptors (Lipinski definition) is 0. The van der Waals surface area contributed by atoms with E-state index in [0.29, 0.717) is 0 Å². The van der Waals surface area contributed by atoms with Crippen LogP contribution in [0.15, 0.2) is 0 Å². The van der Waals surface area contributed by atoms with E-state index in [0.717, 1.165) is 10.5 Å². The highest BCUT2D eigenvalue weighted by Gasteiger charge is 2.20. The van der Waals surface area contributed by atoms with Gasteiger partial charge in [-0.1, -0.05) is 33.1 Å². The molecule has 0 aliphatic rings. The molecule has 0 radical (unpaired) electrons. The molecule has 1 heteroatoms. The molecule has 0 spiro atoms. The molecule has 0 aromatic heterocycles. The van der Waals surface area contributed by atoms with Crippen LogP contribution in [-0.4, -0.2) is 31.7 Å². The molecule has 0 aliphatic heterocycles. The van der Waals surface area contributed by atoms with Gasteiger partial charge in [0.05, 0.1) is 27.2 Å². The van der Waals surface area contributed by atoms with E-state index in [1.54, 1.807) is 0 Å². The zero-order valence-corrected chi connectivity index (χ0v) is 10.3. The lowest BCUT2D eigenvalue weighted by molar-refractivity contribution is -0.896. The average Bonchev–Trinajstić information content (AvgIpc) is 2.02. The number of nitrogens with zero attached hydrogens (tertiary/aromatic N) is 1. The van der Waals surface area contributed by atoms with E-state index in [-0.39, 0.29) is 0 Å². The lowest BCUT2D eigenvalue weighted by Gasteiger charge is -2.33. The van der Waals surface area contributed by atoms with Crippen molar-refractivity contribution in [1.82, 2.24) is 0 Å². The largest absolute Gasteiger partial charge is 0.328 e. The topological polar surface area (TPSA) is 0 Å². The van der Waals surface area contributed by atoms with Crippen molar-refractivity contribution in [3.05, 3.63) is 0 Å². The molecule has 0 fully saturated rings. The zero-order valence-electron chi connectivity index (χ0n) is 10.3. The van der Waals surface area contributed by atoms with Gasteiger partial charge >= 0.3 is 0 Å². The summed E-state index contributed by atoms with van der Waals surface area (Å²) in [6.07, 6.45) is 8.32. The molecule has 1 nitrogen and oxygen atoms in total. The molecule has 0 amide bonds. The lowest BCUT2D eigenvalue weighted by atomic mass is 10.0. The molecule has 0 saturated heterocycles. The number of unbranched alkanes of at least 4 members (excludes halogenated alkanes) is 3. The summed E-state index contributed by atoms with van der Waals surface area (Å²) >= 11 is 0. The Kier molecular flexibility index (Phi) is 6.40. The van der Waals surface area contributed by atoms with Crippen molar-refractivity contribution in [1.29, 1.82) is 0 Å². The summed E-state index contributed by atoms with van der Waals surface area (Å²) in [5.74, 6) is 0. The fraction of sp³-hybridized carbons (Fsp3) is 1.00. The first kappa shape index (κ1) is 13.0. The number of quaternary nitrogens is 1. The zero-order chi connectivity index (χ0) is 10.3. The first-order chi connectivity index (χ1) is 6.02. The van der Waals surface area contributed by atoms with Crippen LogP contribution in [0.3, 0.4) is 0 Å². The van der Waals surface area contributed by atoms with Crippen LogP contribution in [0.2, 0.25) is 0 Å². The van der Waals surface area contributed by atoms with Gasteiger partial charge in [0, 0.05) is 0 Å². The van der Waals surface area contributed by atoms with E-state index in [9.17, 15) is 0 Å². The van der Waals surface area contributed by atoms with Crippen molar-refractivity contribution in [3.8, 4) is 0 Å². The van der Waals surface area contributed by atoms with Crippen LogP contribution in [0.5, 0.6) is 0 Å². The molecule has 0 bridgehead atoms. The highest BCUT2D eigenvalue weighted by atomic mass is 15.3. The maximum absolute atomic E-state index is 2.31. The summed E-state index contributed by atoms with van der Waals surface area (Å²) in [5, 5.41) is 0. The Morgan fingerprint density at radius 1 is 0.923 bits per heavy atom. The Balaban J connectivity index is 3.61. The molecule has 1 atom stereocenters. The smallest absolute Gasteiger partial charge is 0.0881 e. The van der Waals surface area contributed by atoms with Crippen LogP contribution in [0.25, 0.3) is 0 Å². The molecule has 0 rings (SSSR count). The Bertz CT molecular complexity index is 113. The Hall–Kier alpha value is -0.0400. The second kappa shape index (κ2) is 6.42. The van der Waals surface area contributed by atoms with E-state index in [4.69, 9.17) is 0 Å². The van der Waals surface area contributed by atoms with Gasteiger partial charge < -0.3 is 4.48 Å². The third-order valence-corrected chi connectivity index (χ3v) is 2.96. The fourth-order valence-corrected chi connectivity index (χ4v) is 1.95. The molecule has 0 aliphatic carbocycles. The van der Waals surface area contributed by atoms with Crippen LogP contribution >= 0.6 is 0 Å². The minimum absolute atomic E-state index is 0.858. The van der Waals surface area contributed by atoms with E-state index in [2.05, 4.69) is 35.0 Å². The van der Waals surface area contributed by atoms with Crippen molar-refractivity contribution in [2.45, 2.75) is 58.4 Å². The fourth-order valence-electron chi connectivity index (χ4n) is 1.95. The Morgan fingerprint density at radius 2 is 1.54 bits per heavy atom. The van der Waals surface area contributed by atoms with Gasteiger partial charge in [-0.15, -0.1) is 0 Å². The molecule has 0 aromatic rings. The minimum Gasteiger partial charge on any atom is -0.328 e. The minimum atomic E-state index is 0.858. The van der Waals surface area contributed by atoms with Gasteiger partial charge in [0.25, 0.3) is 0 Å². The molecule has 0 saturated carbocycles. The van der Waals surface area contributed by atoms with Crippen LogP contribution in [0.1, 0.15) is 52.4 Å². The summed E-state index contributed by atoms with van der Waals surface area (Å²) in [6.45, 7) is 4.59. The monoisotopic (exact) mass is 186 g/mol. The second-order valence-corrected chi connectivity index (χ2v) is 5.03. The molecule has 0 heterocycles. The van der Waals surface area contributed by atoms with Crippen LogP contribution < -0.4 is 0 Å². The van der Waals surface area contributed by atoms with Gasteiger partial charge in [-0.3, -0.25) is 0 Å². The second-order valence-electron chi connectivity index (χ2n) is 5.03. The van der Waals surface area contributed by atoms with Crippen molar-refractivity contribution >= 4 is 0 Å². The quantitative estimate of drug-likeness (QED) is 0.422. The first-order valence-corrected chi connectivity index (χ1v) is 5.83. The summed E-state index contributed by atoms with van der Waals surface area (Å²) in [7, 11) is 6.94. The summed E-state index contributed by atoms with van der Waals surface area (Å²) in [6, 6.07) is 0.858. The van der Waals surface area contributed by atoms with Crippen molar-refractivity contribution in [2.75, 3.05) is 21.1 Å². The molecule has 1 unspecified atom stereocenters. The molecule has 13 heavy (non-hydrogen) atoms. The number of rotatable bonds is 7. The normalized spacial score (nSPS) is 14.5. The lowest BCUT2D eigenvalue weighted by Crippen LogP contribution is -2.44. The van der Waals surface area contributed by atoms with Crippen molar-refractivity contribution < 1.29 is 4.48 Å². The van der Waals surface area contributed by atoms with Gasteiger partial charge in [-0.05, 0) is 19.3 Å². The first-order valence-electron chi connectivity index (χ1n) is 5.83. The highest BCUT2D eigenvalue weighted by molar-refractivity contribution is 4.55. The Morgan fingerprint density at radius 3 is 1.92 bits per heavy atom. The van der Waals surface area contributed by atoms with E-state index < -0.39 is 0 Å². The summed E-state index contributed by atoms with van der Waals surface area (Å²) < 4.78 is 1.13. The maximum Gasteiger partial charge on any atom is 0.0881 e. The summed E-state index contributed by atoms with van der Waals surface area (Å²) in [5.41, 5.74) is 0. The highest BCUT2D eigenvalue weighted by Crippen LogP contribution is 2.15. The van der Waals surface area contributed by atoms with E-state index in [1.807, 2.05) is 0 Å². The third kappa shape index (κ3) is 6.09. The number of hydrogen-bond donors (Lipinski definition) is 0.